The Morgan fingerprint density at radius 1 is 0.833 bits per heavy atom. The van der Waals surface area contributed by atoms with Gasteiger partial charge in [-0.1, -0.05) is 36.4 Å². The second-order valence-corrected chi connectivity index (χ2v) is 6.62. The molecule has 2 aromatic carbocycles. The van der Waals surface area contributed by atoms with Crippen molar-refractivity contribution in [3.63, 3.8) is 0 Å². The summed E-state index contributed by atoms with van der Waals surface area (Å²) in [5, 5.41) is 20.6. The molecule has 2 rings (SSSR count). The van der Waals surface area contributed by atoms with Gasteiger partial charge in [0, 0.05) is 5.56 Å². The van der Waals surface area contributed by atoms with E-state index in [-0.39, 0.29) is 24.1 Å². The molecule has 0 spiro atoms. The zero-order valence-corrected chi connectivity index (χ0v) is 11.2. The van der Waals surface area contributed by atoms with E-state index in [0.717, 1.165) is 17.3 Å². The number of hydrogen-bond donors (Lipinski definition) is 2. The summed E-state index contributed by atoms with van der Waals surface area (Å²) in [5.41, 5.74) is 1.29. The van der Waals surface area contributed by atoms with Crippen molar-refractivity contribution >= 4 is 21.7 Å². The Kier molecular flexibility index (Phi) is 5.05. The number of benzene rings is 2. The van der Waals surface area contributed by atoms with Crippen molar-refractivity contribution in [3.05, 3.63) is 48.0 Å². The number of hydrogen-bond acceptors (Lipinski definition) is 2. The van der Waals surface area contributed by atoms with E-state index in [0.29, 0.717) is 0 Å². The summed E-state index contributed by atoms with van der Waals surface area (Å²) in [6.45, 7) is 0.410. The van der Waals surface area contributed by atoms with Crippen LogP contribution in [0.5, 0.6) is 0 Å². The maximum Gasteiger partial charge on any atom is 0.133 e. The monoisotopic (exact) mass is 263 g/mol. The van der Waals surface area contributed by atoms with Crippen LogP contribution in [0.25, 0.3) is 10.8 Å². The fourth-order valence-electron chi connectivity index (χ4n) is 2.07. The molecule has 2 aromatic rings. The normalized spacial score (nSPS) is 11.3. The van der Waals surface area contributed by atoms with E-state index >= 15 is 0 Å². The van der Waals surface area contributed by atoms with Crippen LogP contribution in [0.15, 0.2) is 42.5 Å². The second kappa shape index (κ2) is 6.78. The first kappa shape index (κ1) is 13.4. The molecule has 0 fully saturated rings. The lowest BCUT2D eigenvalue weighted by molar-refractivity contribution is 0.316. The lowest BCUT2D eigenvalue weighted by Gasteiger charge is -2.07. The maximum absolute atomic E-state index is 9.04. The first-order chi connectivity index (χ1) is 8.83. The SMILES string of the molecule is OCC[S+](CCO)Cc1ccc2ccccc2c1. The summed E-state index contributed by atoms with van der Waals surface area (Å²) in [4.78, 5) is 0. The van der Waals surface area contributed by atoms with Gasteiger partial charge in [0.1, 0.15) is 17.3 Å². The van der Waals surface area contributed by atoms with Crippen molar-refractivity contribution in [1.29, 1.82) is 0 Å². The summed E-state index contributed by atoms with van der Waals surface area (Å²) in [6, 6.07) is 14.8. The molecule has 0 heterocycles. The van der Waals surface area contributed by atoms with Crippen LogP contribution in [0.2, 0.25) is 0 Å². The van der Waals surface area contributed by atoms with Gasteiger partial charge in [0.2, 0.25) is 0 Å². The van der Waals surface area contributed by atoms with Crippen molar-refractivity contribution in [2.45, 2.75) is 5.75 Å². The molecule has 0 saturated heterocycles. The average molecular weight is 263 g/mol. The van der Waals surface area contributed by atoms with Crippen molar-refractivity contribution in [2.75, 3.05) is 24.7 Å². The molecule has 0 radical (unpaired) electrons. The minimum atomic E-state index is 0.0816. The van der Waals surface area contributed by atoms with Crippen LogP contribution in [0.1, 0.15) is 5.56 Å². The molecule has 0 bridgehead atoms. The van der Waals surface area contributed by atoms with Gasteiger partial charge in [0.05, 0.1) is 13.2 Å². The summed E-state index contributed by atoms with van der Waals surface area (Å²) in [7, 11) is 0.0816. The first-order valence-corrected chi connectivity index (χ1v) is 7.90. The van der Waals surface area contributed by atoms with Crippen LogP contribution in [-0.2, 0) is 16.6 Å². The van der Waals surface area contributed by atoms with Gasteiger partial charge in [-0.15, -0.1) is 0 Å². The van der Waals surface area contributed by atoms with E-state index < -0.39 is 0 Å². The lowest BCUT2D eigenvalue weighted by atomic mass is 10.1. The maximum atomic E-state index is 9.04. The molecule has 0 aliphatic rings. The van der Waals surface area contributed by atoms with Crippen LogP contribution in [0.3, 0.4) is 0 Å². The predicted octanol–water partition coefficient (Wildman–Crippen LogP) is 1.94. The zero-order chi connectivity index (χ0) is 12.8. The highest BCUT2D eigenvalue weighted by molar-refractivity contribution is 7.96. The van der Waals surface area contributed by atoms with E-state index in [1.165, 1.54) is 16.3 Å². The summed E-state index contributed by atoms with van der Waals surface area (Å²) < 4.78 is 0. The summed E-state index contributed by atoms with van der Waals surface area (Å²) >= 11 is 0. The minimum absolute atomic E-state index is 0.0816. The van der Waals surface area contributed by atoms with Gasteiger partial charge in [-0.3, -0.25) is 0 Å². The predicted molar refractivity (Wildman–Crippen MR) is 78.9 cm³/mol. The van der Waals surface area contributed by atoms with Crippen LogP contribution in [0, 0.1) is 0 Å². The standard InChI is InChI=1S/C15H19O2S/c16-7-9-18(10-8-17)12-13-5-6-14-3-1-2-4-15(14)11-13/h1-6,11,16-17H,7-10,12H2/q+1. The molecule has 96 valence electrons. The number of aliphatic hydroxyl groups is 2. The van der Waals surface area contributed by atoms with E-state index in [1.54, 1.807) is 0 Å². The van der Waals surface area contributed by atoms with Crippen LogP contribution >= 0.6 is 0 Å². The van der Waals surface area contributed by atoms with Crippen LogP contribution in [0.4, 0.5) is 0 Å². The third-order valence-corrected chi connectivity index (χ3v) is 5.21. The largest absolute Gasteiger partial charge is 0.391 e. The quantitative estimate of drug-likeness (QED) is 0.782. The lowest BCUT2D eigenvalue weighted by Crippen LogP contribution is -2.19. The second-order valence-electron chi connectivity index (χ2n) is 4.29. The molecule has 2 nitrogen and oxygen atoms in total. The molecule has 0 atom stereocenters. The Morgan fingerprint density at radius 3 is 2.17 bits per heavy atom. The number of aliphatic hydroxyl groups excluding tert-OH is 2. The highest BCUT2D eigenvalue weighted by Crippen LogP contribution is 2.18. The zero-order valence-electron chi connectivity index (χ0n) is 10.4. The topological polar surface area (TPSA) is 40.5 Å². The van der Waals surface area contributed by atoms with Gasteiger partial charge in [-0.2, -0.15) is 0 Å². The van der Waals surface area contributed by atoms with Gasteiger partial charge in [0.15, 0.2) is 0 Å². The molecule has 0 saturated carbocycles. The van der Waals surface area contributed by atoms with E-state index in [4.69, 9.17) is 10.2 Å². The third-order valence-electron chi connectivity index (χ3n) is 2.94. The minimum Gasteiger partial charge on any atom is -0.391 e. The Morgan fingerprint density at radius 2 is 1.50 bits per heavy atom. The van der Waals surface area contributed by atoms with Crippen molar-refractivity contribution in [2.24, 2.45) is 0 Å². The van der Waals surface area contributed by atoms with Gasteiger partial charge in [0.25, 0.3) is 0 Å². The highest BCUT2D eigenvalue weighted by atomic mass is 32.2. The molecule has 0 amide bonds. The third kappa shape index (κ3) is 3.48. The fraction of sp³-hybridized carbons (Fsp3) is 0.333. The van der Waals surface area contributed by atoms with Crippen LogP contribution < -0.4 is 0 Å². The molecule has 2 N–H and O–H groups in total. The Hall–Kier alpha value is -1.03. The molecule has 0 aliphatic heterocycles. The Balaban J connectivity index is 2.14. The van der Waals surface area contributed by atoms with Crippen molar-refractivity contribution in [3.8, 4) is 0 Å². The summed E-state index contributed by atoms with van der Waals surface area (Å²) in [6.07, 6.45) is 0. The summed E-state index contributed by atoms with van der Waals surface area (Å²) in [5.74, 6) is 2.52. The van der Waals surface area contributed by atoms with Gasteiger partial charge < -0.3 is 10.2 Å². The average Bonchev–Trinajstić information content (AvgIpc) is 2.39. The highest BCUT2D eigenvalue weighted by Gasteiger charge is 2.17. The molecule has 0 unspecified atom stereocenters. The molecule has 0 aromatic heterocycles. The van der Waals surface area contributed by atoms with Gasteiger partial charge in [-0.05, 0) is 27.7 Å². The molecule has 0 aliphatic carbocycles. The van der Waals surface area contributed by atoms with Crippen molar-refractivity contribution < 1.29 is 10.2 Å². The number of rotatable bonds is 6. The van der Waals surface area contributed by atoms with Gasteiger partial charge >= 0.3 is 0 Å². The Bertz CT molecular complexity index is 493. The number of fused-ring (bicyclic) bond motifs is 1. The van der Waals surface area contributed by atoms with E-state index in [2.05, 4.69) is 30.3 Å². The fourth-order valence-corrected chi connectivity index (χ4v) is 3.73. The molecule has 18 heavy (non-hydrogen) atoms. The first-order valence-electron chi connectivity index (χ1n) is 6.17. The van der Waals surface area contributed by atoms with E-state index in [1.807, 2.05) is 12.1 Å². The molecule has 3 heteroatoms. The van der Waals surface area contributed by atoms with Crippen LogP contribution in [-0.4, -0.2) is 34.9 Å². The smallest absolute Gasteiger partial charge is 0.133 e. The van der Waals surface area contributed by atoms with E-state index in [9.17, 15) is 0 Å². The van der Waals surface area contributed by atoms with Gasteiger partial charge in [-0.25, -0.2) is 0 Å². The molecular weight excluding hydrogens is 244 g/mol. The molecular formula is C15H19O2S+. The van der Waals surface area contributed by atoms with Crippen molar-refractivity contribution in [1.82, 2.24) is 0 Å². The Labute approximate surface area is 111 Å².